The van der Waals surface area contributed by atoms with Gasteiger partial charge in [-0.1, -0.05) is 65.7 Å². The molecule has 0 saturated carbocycles. The van der Waals surface area contributed by atoms with E-state index in [0.717, 1.165) is 11.1 Å². The molecule has 3 rings (SSSR count). The first-order valence-corrected chi connectivity index (χ1v) is 10.4. The molecule has 0 fully saturated rings. The molecule has 28 heavy (non-hydrogen) atoms. The lowest BCUT2D eigenvalue weighted by molar-refractivity contribution is 0.0947. The molecule has 0 unspecified atom stereocenters. The predicted octanol–water partition coefficient (Wildman–Crippen LogP) is 4.38. The molecule has 5 nitrogen and oxygen atoms in total. The lowest BCUT2D eigenvalue weighted by atomic mass is 10.1. The van der Waals surface area contributed by atoms with Crippen LogP contribution in [0.2, 0.25) is 5.02 Å². The Hall–Kier alpha value is -2.83. The second kappa shape index (κ2) is 8.46. The number of benzene rings is 3. The lowest BCUT2D eigenvalue weighted by Crippen LogP contribution is -2.26. The van der Waals surface area contributed by atoms with Gasteiger partial charge in [0, 0.05) is 6.54 Å². The van der Waals surface area contributed by atoms with Gasteiger partial charge in [-0.3, -0.25) is 9.52 Å². The minimum atomic E-state index is -4.00. The highest BCUT2D eigenvalue weighted by Crippen LogP contribution is 2.25. The van der Waals surface area contributed by atoms with Crippen molar-refractivity contribution in [3.05, 3.63) is 94.5 Å². The second-order valence-electron chi connectivity index (χ2n) is 6.25. The van der Waals surface area contributed by atoms with Gasteiger partial charge in [0.05, 0.1) is 16.3 Å². The third kappa shape index (κ3) is 4.71. The summed E-state index contributed by atoms with van der Waals surface area (Å²) in [6.45, 7) is 2.28. The molecular weight excluding hydrogens is 396 g/mol. The number of hydrogen-bond acceptors (Lipinski definition) is 3. The maximum Gasteiger partial charge on any atom is 0.262 e. The molecule has 0 spiro atoms. The number of amides is 1. The maximum absolute atomic E-state index is 12.8. The third-order valence-corrected chi connectivity index (χ3v) is 5.87. The SMILES string of the molecule is Cc1ccc(CNC(=O)c2ccccc2S(=O)(=O)Nc2ccccc2Cl)cc1. The van der Waals surface area contributed by atoms with Crippen LogP contribution >= 0.6 is 11.6 Å². The molecular formula is C21H19ClN2O3S. The van der Waals surface area contributed by atoms with Gasteiger partial charge in [0.25, 0.3) is 15.9 Å². The van der Waals surface area contributed by atoms with Crippen molar-refractivity contribution < 1.29 is 13.2 Å². The van der Waals surface area contributed by atoms with Gasteiger partial charge in [0.1, 0.15) is 4.90 Å². The van der Waals surface area contributed by atoms with E-state index in [2.05, 4.69) is 10.0 Å². The Morgan fingerprint density at radius 2 is 1.57 bits per heavy atom. The number of hydrogen-bond donors (Lipinski definition) is 2. The van der Waals surface area contributed by atoms with Crippen molar-refractivity contribution in [2.45, 2.75) is 18.4 Å². The van der Waals surface area contributed by atoms with Crippen LogP contribution in [-0.2, 0) is 16.6 Å². The van der Waals surface area contributed by atoms with E-state index in [1.54, 1.807) is 36.4 Å². The number of carbonyl (C=O) groups is 1. The molecule has 0 aliphatic carbocycles. The number of rotatable bonds is 6. The van der Waals surface area contributed by atoms with Crippen LogP contribution in [-0.4, -0.2) is 14.3 Å². The molecule has 0 aliphatic rings. The summed E-state index contributed by atoms with van der Waals surface area (Å²) in [7, 11) is -4.00. The fourth-order valence-corrected chi connectivity index (χ4v) is 4.14. The molecule has 3 aromatic carbocycles. The average Bonchev–Trinajstić information content (AvgIpc) is 2.69. The number of nitrogens with one attached hydrogen (secondary N) is 2. The number of halogens is 1. The smallest absolute Gasteiger partial charge is 0.262 e. The van der Waals surface area contributed by atoms with Gasteiger partial charge in [-0.05, 0) is 36.8 Å². The topological polar surface area (TPSA) is 75.3 Å². The molecule has 0 atom stereocenters. The van der Waals surface area contributed by atoms with Crippen molar-refractivity contribution >= 4 is 33.2 Å². The summed E-state index contributed by atoms with van der Waals surface area (Å²) in [5, 5.41) is 3.04. The zero-order chi connectivity index (χ0) is 20.1. The first-order chi connectivity index (χ1) is 13.4. The minimum absolute atomic E-state index is 0.0640. The molecule has 0 radical (unpaired) electrons. The van der Waals surface area contributed by atoms with Crippen molar-refractivity contribution in [3.63, 3.8) is 0 Å². The van der Waals surface area contributed by atoms with Crippen LogP contribution in [0.25, 0.3) is 0 Å². The standard InChI is InChI=1S/C21H19ClN2O3S/c1-15-10-12-16(13-11-15)14-23-21(25)17-6-2-5-9-20(17)28(26,27)24-19-8-4-3-7-18(19)22/h2-13,24H,14H2,1H3,(H,23,25). The number of anilines is 1. The monoisotopic (exact) mass is 414 g/mol. The first-order valence-electron chi connectivity index (χ1n) is 8.57. The van der Waals surface area contributed by atoms with Gasteiger partial charge >= 0.3 is 0 Å². The summed E-state index contributed by atoms with van der Waals surface area (Å²) in [5.74, 6) is -0.472. The summed E-state index contributed by atoms with van der Waals surface area (Å²) in [5.41, 5.74) is 2.36. The lowest BCUT2D eigenvalue weighted by Gasteiger charge is -2.13. The molecule has 0 aliphatic heterocycles. The fourth-order valence-electron chi connectivity index (χ4n) is 2.62. The predicted molar refractivity (Wildman–Crippen MR) is 111 cm³/mol. The van der Waals surface area contributed by atoms with Crippen molar-refractivity contribution in [1.82, 2.24) is 5.32 Å². The number of sulfonamides is 1. The normalized spacial score (nSPS) is 11.1. The van der Waals surface area contributed by atoms with Crippen molar-refractivity contribution in [1.29, 1.82) is 0 Å². The van der Waals surface area contributed by atoms with E-state index >= 15 is 0 Å². The Balaban J connectivity index is 1.82. The highest BCUT2D eigenvalue weighted by atomic mass is 35.5. The Kier molecular flexibility index (Phi) is 6.02. The fraction of sp³-hybridized carbons (Fsp3) is 0.0952. The summed E-state index contributed by atoms with van der Waals surface area (Å²) in [4.78, 5) is 12.5. The van der Waals surface area contributed by atoms with Gasteiger partial charge in [0.15, 0.2) is 0 Å². The molecule has 3 aromatic rings. The number of carbonyl (C=O) groups excluding carboxylic acids is 1. The summed E-state index contributed by atoms with van der Waals surface area (Å²) in [6, 6.07) is 20.3. The van der Waals surface area contributed by atoms with Crippen molar-refractivity contribution in [2.75, 3.05) is 4.72 Å². The van der Waals surface area contributed by atoms with E-state index in [4.69, 9.17) is 11.6 Å². The largest absolute Gasteiger partial charge is 0.348 e. The van der Waals surface area contributed by atoms with E-state index in [-0.39, 0.29) is 21.2 Å². The molecule has 0 bridgehead atoms. The quantitative estimate of drug-likeness (QED) is 0.628. The van der Waals surface area contributed by atoms with Crippen LogP contribution in [0.3, 0.4) is 0 Å². The van der Waals surface area contributed by atoms with E-state index in [1.807, 2.05) is 31.2 Å². The summed E-state index contributed by atoms with van der Waals surface area (Å²) in [6.07, 6.45) is 0. The Morgan fingerprint density at radius 3 is 2.29 bits per heavy atom. The molecule has 0 heterocycles. The molecule has 0 saturated heterocycles. The van der Waals surface area contributed by atoms with E-state index < -0.39 is 15.9 Å². The Bertz CT molecular complexity index is 1100. The zero-order valence-corrected chi connectivity index (χ0v) is 16.7. The molecule has 0 aromatic heterocycles. The Morgan fingerprint density at radius 1 is 0.929 bits per heavy atom. The van der Waals surface area contributed by atoms with Crippen LogP contribution in [0.15, 0.2) is 77.7 Å². The van der Waals surface area contributed by atoms with Gasteiger partial charge in [-0.25, -0.2) is 8.42 Å². The third-order valence-electron chi connectivity index (χ3n) is 4.11. The zero-order valence-electron chi connectivity index (χ0n) is 15.1. The molecule has 144 valence electrons. The van der Waals surface area contributed by atoms with Crippen molar-refractivity contribution in [2.24, 2.45) is 0 Å². The van der Waals surface area contributed by atoms with Gasteiger partial charge < -0.3 is 5.32 Å². The molecule has 1 amide bonds. The first kappa shape index (κ1) is 19.9. The second-order valence-corrected chi connectivity index (χ2v) is 8.31. The van der Waals surface area contributed by atoms with Crippen LogP contribution in [0.5, 0.6) is 0 Å². The highest BCUT2D eigenvalue weighted by Gasteiger charge is 2.22. The van der Waals surface area contributed by atoms with Crippen LogP contribution in [0, 0.1) is 6.92 Å². The van der Waals surface area contributed by atoms with Gasteiger partial charge in [0.2, 0.25) is 0 Å². The van der Waals surface area contributed by atoms with Crippen LogP contribution < -0.4 is 10.0 Å². The maximum atomic E-state index is 12.8. The van der Waals surface area contributed by atoms with Crippen LogP contribution in [0.1, 0.15) is 21.5 Å². The Labute approximate surface area is 169 Å². The molecule has 7 heteroatoms. The van der Waals surface area contributed by atoms with Crippen LogP contribution in [0.4, 0.5) is 5.69 Å². The number of para-hydroxylation sites is 1. The van der Waals surface area contributed by atoms with E-state index in [1.165, 1.54) is 12.1 Å². The van der Waals surface area contributed by atoms with E-state index in [0.29, 0.717) is 6.54 Å². The molecule has 2 N–H and O–H groups in total. The minimum Gasteiger partial charge on any atom is -0.348 e. The van der Waals surface area contributed by atoms with E-state index in [9.17, 15) is 13.2 Å². The average molecular weight is 415 g/mol. The summed E-state index contributed by atoms with van der Waals surface area (Å²) >= 11 is 6.04. The van der Waals surface area contributed by atoms with Crippen molar-refractivity contribution in [3.8, 4) is 0 Å². The highest BCUT2D eigenvalue weighted by molar-refractivity contribution is 7.92. The van der Waals surface area contributed by atoms with Gasteiger partial charge in [-0.2, -0.15) is 0 Å². The number of aryl methyl sites for hydroxylation is 1. The van der Waals surface area contributed by atoms with Gasteiger partial charge in [-0.15, -0.1) is 0 Å². The summed E-state index contributed by atoms with van der Waals surface area (Å²) < 4.78 is 28.1.